The molecule has 0 spiro atoms. The van der Waals surface area contributed by atoms with E-state index in [1.807, 2.05) is 30.3 Å². The Morgan fingerprint density at radius 1 is 1.08 bits per heavy atom. The van der Waals surface area contributed by atoms with Crippen LogP contribution < -0.4 is 5.32 Å². The highest BCUT2D eigenvalue weighted by molar-refractivity contribution is 9.08. The summed E-state index contributed by atoms with van der Waals surface area (Å²) in [7, 11) is 0. The normalized spacial score (nSPS) is 11.6. The number of anilines is 2. The minimum Gasteiger partial charge on any atom is -0.396 e. The zero-order chi connectivity index (χ0) is 18.7. The van der Waals surface area contributed by atoms with Gasteiger partial charge in [-0.1, -0.05) is 18.2 Å². The summed E-state index contributed by atoms with van der Waals surface area (Å²) in [5.74, 6) is 0. The molecule has 0 bridgehead atoms. The first-order valence-electron chi connectivity index (χ1n) is 7.78. The summed E-state index contributed by atoms with van der Waals surface area (Å²) in [5, 5.41) is 16.6. The van der Waals surface area contributed by atoms with E-state index >= 15 is 0 Å². The number of aliphatic hydroxyl groups excluding tert-OH is 1. The lowest BCUT2D eigenvalue weighted by molar-refractivity contribution is -0.137. The predicted octanol–water partition coefficient (Wildman–Crippen LogP) is 5.01. The summed E-state index contributed by atoms with van der Waals surface area (Å²) in [6, 6.07) is 14.1. The van der Waals surface area contributed by atoms with Crippen LogP contribution in [-0.2, 0) is 12.6 Å². The maximum atomic E-state index is 12.7. The van der Waals surface area contributed by atoms with E-state index in [0.717, 1.165) is 23.4 Å². The Kier molecular flexibility index (Phi) is 5.33. The van der Waals surface area contributed by atoms with Crippen LogP contribution >= 0.6 is 16.1 Å². The third-order valence-electron chi connectivity index (χ3n) is 3.80. The third kappa shape index (κ3) is 4.08. The summed E-state index contributed by atoms with van der Waals surface area (Å²) in [4.78, 5) is 0. The molecular formula is C18H15BrF3N3O. The van der Waals surface area contributed by atoms with Crippen LogP contribution in [0.5, 0.6) is 0 Å². The van der Waals surface area contributed by atoms with E-state index in [1.165, 1.54) is 15.8 Å². The largest absolute Gasteiger partial charge is 0.416 e. The average Bonchev–Trinajstić information content (AvgIpc) is 2.96. The summed E-state index contributed by atoms with van der Waals surface area (Å²) < 4.78 is 39.6. The van der Waals surface area contributed by atoms with E-state index in [-0.39, 0.29) is 6.61 Å². The molecule has 0 aliphatic heterocycles. The van der Waals surface area contributed by atoms with Crippen molar-refractivity contribution >= 4 is 27.5 Å². The molecule has 0 aliphatic carbocycles. The van der Waals surface area contributed by atoms with Crippen molar-refractivity contribution in [1.29, 1.82) is 0 Å². The molecule has 8 heteroatoms. The third-order valence-corrected chi connectivity index (χ3v) is 4.41. The molecule has 0 atom stereocenters. The van der Waals surface area contributed by atoms with E-state index in [9.17, 15) is 13.2 Å². The molecule has 3 rings (SSSR count). The molecule has 136 valence electrons. The average molecular weight is 426 g/mol. The number of hydrogen-bond acceptors (Lipinski definition) is 3. The lowest BCUT2D eigenvalue weighted by Gasteiger charge is -2.12. The molecule has 0 radical (unpaired) electrons. The van der Waals surface area contributed by atoms with E-state index in [1.54, 1.807) is 0 Å². The Morgan fingerprint density at radius 2 is 1.77 bits per heavy atom. The van der Waals surface area contributed by atoms with E-state index < -0.39 is 11.7 Å². The van der Waals surface area contributed by atoms with Crippen LogP contribution in [0.15, 0.2) is 54.6 Å². The van der Waals surface area contributed by atoms with Crippen LogP contribution in [0, 0.1) is 0 Å². The molecule has 2 N–H and O–H groups in total. The topological polar surface area (TPSA) is 50.1 Å². The molecule has 26 heavy (non-hydrogen) atoms. The number of alkyl halides is 3. The van der Waals surface area contributed by atoms with Gasteiger partial charge in [-0.2, -0.15) is 18.3 Å². The van der Waals surface area contributed by atoms with Gasteiger partial charge in [0.15, 0.2) is 0 Å². The molecule has 2 aromatic carbocycles. The van der Waals surface area contributed by atoms with Gasteiger partial charge in [0.05, 0.1) is 33.1 Å². The van der Waals surface area contributed by atoms with Crippen molar-refractivity contribution < 1.29 is 18.3 Å². The zero-order valence-corrected chi connectivity index (χ0v) is 15.0. The van der Waals surface area contributed by atoms with Crippen LogP contribution in [0.4, 0.5) is 24.5 Å². The van der Waals surface area contributed by atoms with Crippen molar-refractivity contribution in [2.75, 3.05) is 11.9 Å². The van der Waals surface area contributed by atoms with Crippen LogP contribution in [0.3, 0.4) is 0 Å². The fourth-order valence-corrected chi connectivity index (χ4v) is 2.97. The minimum absolute atomic E-state index is 0.00217. The van der Waals surface area contributed by atoms with Gasteiger partial charge in [-0.25, -0.2) is 3.71 Å². The van der Waals surface area contributed by atoms with Gasteiger partial charge < -0.3 is 10.4 Å². The molecule has 4 nitrogen and oxygen atoms in total. The summed E-state index contributed by atoms with van der Waals surface area (Å²) in [6.45, 7) is 0.00217. The van der Waals surface area contributed by atoms with Crippen LogP contribution in [0.2, 0.25) is 0 Å². The first kappa shape index (κ1) is 18.5. The predicted molar refractivity (Wildman–Crippen MR) is 97.5 cm³/mol. The SMILES string of the molecule is OCCc1cc(-c2ccccc2Nc2ccc(C(F)(F)F)cc2)nn1Br. The highest BCUT2D eigenvalue weighted by Crippen LogP contribution is 2.33. The molecule has 0 saturated carbocycles. The Labute approximate surface area is 156 Å². The van der Waals surface area contributed by atoms with E-state index in [0.29, 0.717) is 23.5 Å². The number of para-hydroxylation sites is 1. The lowest BCUT2D eigenvalue weighted by Crippen LogP contribution is -2.04. The van der Waals surface area contributed by atoms with Gasteiger partial charge in [0.2, 0.25) is 0 Å². The van der Waals surface area contributed by atoms with Gasteiger partial charge in [0.1, 0.15) is 0 Å². The maximum absolute atomic E-state index is 12.7. The number of rotatable bonds is 5. The van der Waals surface area contributed by atoms with Gasteiger partial charge in [-0.05, 0) is 36.4 Å². The van der Waals surface area contributed by atoms with Gasteiger partial charge in [0.25, 0.3) is 0 Å². The first-order valence-corrected chi connectivity index (χ1v) is 8.49. The summed E-state index contributed by atoms with van der Waals surface area (Å²) >= 11 is 3.30. The van der Waals surface area contributed by atoms with Gasteiger partial charge in [-0.15, -0.1) is 0 Å². The number of benzene rings is 2. The lowest BCUT2D eigenvalue weighted by atomic mass is 10.1. The van der Waals surface area contributed by atoms with Gasteiger partial charge in [-0.3, -0.25) is 0 Å². The van der Waals surface area contributed by atoms with E-state index in [4.69, 9.17) is 5.11 Å². The second-order valence-corrected chi connectivity index (χ2v) is 6.27. The smallest absolute Gasteiger partial charge is 0.396 e. The fourth-order valence-electron chi connectivity index (χ4n) is 2.52. The minimum atomic E-state index is -4.36. The van der Waals surface area contributed by atoms with Crippen molar-refractivity contribution in [2.45, 2.75) is 12.6 Å². The Morgan fingerprint density at radius 3 is 2.42 bits per heavy atom. The van der Waals surface area contributed by atoms with Crippen molar-refractivity contribution in [2.24, 2.45) is 0 Å². The zero-order valence-electron chi connectivity index (χ0n) is 13.5. The number of nitrogens with zero attached hydrogens (tertiary/aromatic N) is 2. The van der Waals surface area contributed by atoms with Crippen LogP contribution in [0.25, 0.3) is 11.3 Å². The standard InChI is InChI=1S/C18H15BrF3N3O/c19-25-14(9-10-26)11-17(24-25)15-3-1-2-4-16(15)23-13-7-5-12(6-8-13)18(20,21)22/h1-8,11,23,26H,9-10H2. The number of halogens is 4. The highest BCUT2D eigenvalue weighted by atomic mass is 79.9. The molecule has 0 unspecified atom stereocenters. The Balaban J connectivity index is 1.89. The Hall–Kier alpha value is -2.32. The van der Waals surface area contributed by atoms with E-state index in [2.05, 4.69) is 26.6 Å². The number of aromatic nitrogens is 2. The molecule has 3 aromatic rings. The number of aliphatic hydroxyl groups is 1. The maximum Gasteiger partial charge on any atom is 0.416 e. The number of nitrogens with one attached hydrogen (secondary N) is 1. The van der Waals surface area contributed by atoms with Crippen molar-refractivity contribution in [3.8, 4) is 11.3 Å². The monoisotopic (exact) mass is 425 g/mol. The molecular weight excluding hydrogens is 411 g/mol. The molecule has 1 heterocycles. The molecule has 0 aliphatic rings. The molecule has 0 amide bonds. The van der Waals surface area contributed by atoms with Crippen LogP contribution in [0.1, 0.15) is 11.3 Å². The second-order valence-electron chi connectivity index (χ2n) is 5.60. The van der Waals surface area contributed by atoms with Crippen molar-refractivity contribution in [1.82, 2.24) is 8.81 Å². The van der Waals surface area contributed by atoms with Crippen molar-refractivity contribution in [3.63, 3.8) is 0 Å². The van der Waals surface area contributed by atoms with Crippen LogP contribution in [-0.4, -0.2) is 20.5 Å². The molecule has 1 aromatic heterocycles. The summed E-state index contributed by atoms with van der Waals surface area (Å²) in [6.07, 6.45) is -3.91. The Bertz CT molecular complexity index is 891. The second kappa shape index (κ2) is 7.51. The highest BCUT2D eigenvalue weighted by Gasteiger charge is 2.29. The van der Waals surface area contributed by atoms with Gasteiger partial charge >= 0.3 is 6.18 Å². The van der Waals surface area contributed by atoms with Crippen molar-refractivity contribution in [3.05, 3.63) is 65.9 Å². The van der Waals surface area contributed by atoms with Gasteiger partial charge in [0, 0.05) is 30.0 Å². The first-order chi connectivity index (χ1) is 12.4. The molecule has 0 saturated heterocycles. The number of hydrogen-bond donors (Lipinski definition) is 2. The quantitative estimate of drug-likeness (QED) is 0.604. The summed E-state index contributed by atoms with van der Waals surface area (Å²) in [5.41, 5.74) is 2.85. The fraction of sp³-hybridized carbons (Fsp3) is 0.167. The molecule has 0 fully saturated rings.